The highest BCUT2D eigenvalue weighted by atomic mass is 15.2. The lowest BCUT2D eigenvalue weighted by Crippen LogP contribution is -2.61. The topological polar surface area (TPSA) is 16.3 Å². The molecule has 4 nitrogen and oxygen atoms in total. The van der Waals surface area contributed by atoms with Gasteiger partial charge in [-0.25, -0.2) is 0 Å². The Morgan fingerprint density at radius 1 is 0.403 bits per heavy atom. The number of aromatic nitrogens is 2. The van der Waals surface area contributed by atoms with E-state index in [0.717, 1.165) is 16.6 Å². The van der Waals surface area contributed by atoms with Gasteiger partial charge in [-0.2, -0.15) is 0 Å². The molecule has 0 amide bonds. The maximum absolute atomic E-state index is 10.1. The number of hydrogen-bond donors (Lipinski definition) is 0. The average Bonchev–Trinajstić information content (AvgIpc) is 1.03. The summed E-state index contributed by atoms with van der Waals surface area (Å²) in [6.07, 6.45) is -2.04. The number of benzene rings is 9. The van der Waals surface area contributed by atoms with Crippen LogP contribution in [0, 0.1) is 5.41 Å². The number of fused-ring (bicyclic) bond motifs is 10. The van der Waals surface area contributed by atoms with Crippen LogP contribution in [-0.4, -0.2) is 15.8 Å². The normalized spacial score (nSPS) is 17.3. The minimum absolute atomic E-state index is 0.0633. The third-order valence-electron chi connectivity index (χ3n) is 14.1. The van der Waals surface area contributed by atoms with Gasteiger partial charge in [0.2, 0.25) is 0 Å². The Balaban J connectivity index is 1.20. The van der Waals surface area contributed by atoms with Crippen molar-refractivity contribution in [2.45, 2.75) is 79.5 Å². The summed E-state index contributed by atoms with van der Waals surface area (Å²) >= 11 is 0. The number of para-hydroxylation sites is 4. The van der Waals surface area contributed by atoms with Crippen LogP contribution in [0.1, 0.15) is 104 Å². The average molecular weight is 951 g/mol. The van der Waals surface area contributed by atoms with Crippen molar-refractivity contribution in [3.05, 3.63) is 210 Å². The van der Waals surface area contributed by atoms with E-state index in [9.17, 15) is 13.7 Å². The largest absolute Gasteiger partial charge is 0.311 e. The molecule has 352 valence electrons. The van der Waals surface area contributed by atoms with Crippen molar-refractivity contribution in [2.24, 2.45) is 5.41 Å². The summed E-state index contributed by atoms with van der Waals surface area (Å²) in [5.74, 6) is 0. The minimum Gasteiger partial charge on any atom is -0.311 e. The molecule has 2 aliphatic rings. The summed E-state index contributed by atoms with van der Waals surface area (Å²) in [6.45, 7) is 17.5. The highest BCUT2D eigenvalue weighted by molar-refractivity contribution is 7.00. The first-order valence-corrected chi connectivity index (χ1v) is 24.3. The molecule has 9 aromatic carbocycles. The van der Waals surface area contributed by atoms with E-state index in [0.29, 0.717) is 50.6 Å². The van der Waals surface area contributed by atoms with Crippen molar-refractivity contribution in [1.29, 1.82) is 0 Å². The third kappa shape index (κ3) is 6.95. The van der Waals surface area contributed by atoms with Gasteiger partial charge in [0.05, 0.1) is 44.0 Å². The summed E-state index contributed by atoms with van der Waals surface area (Å²) in [5.41, 5.74) is 6.96. The van der Waals surface area contributed by atoms with Gasteiger partial charge in [-0.3, -0.25) is 0 Å². The smallest absolute Gasteiger partial charge is 0.252 e. The van der Waals surface area contributed by atoms with Crippen LogP contribution in [0.2, 0.25) is 0 Å². The molecule has 0 unspecified atom stereocenters. The predicted molar refractivity (Wildman–Crippen MR) is 310 cm³/mol. The van der Waals surface area contributed by atoms with E-state index in [1.807, 2.05) is 106 Å². The van der Waals surface area contributed by atoms with Gasteiger partial charge in [-0.15, -0.1) is 0 Å². The second-order valence-corrected chi connectivity index (χ2v) is 22.1. The van der Waals surface area contributed by atoms with E-state index in [1.54, 1.807) is 12.1 Å². The van der Waals surface area contributed by atoms with Crippen LogP contribution in [0.4, 0.5) is 34.1 Å². The lowest BCUT2D eigenvalue weighted by molar-refractivity contribution is 0.411. The van der Waals surface area contributed by atoms with E-state index in [1.165, 1.54) is 9.13 Å². The first-order valence-electron chi connectivity index (χ1n) is 33.3. The molecule has 0 atom stereocenters. The summed E-state index contributed by atoms with van der Waals surface area (Å²) < 4.78 is 169. The fraction of sp³-hybridized carbons (Fsp3) is 0.194. The maximum Gasteiger partial charge on any atom is 0.252 e. The fourth-order valence-electron chi connectivity index (χ4n) is 10.9. The SMILES string of the molecule is [2H]c1c([2H])c([2H])c2c(c1[2H])c1c([2H])c([2H])c([2H])c([2H])c1n2-c1ccc2c(c1)N(c1ccc(C(C)(C)C)cc1)c1cc(C([2H])([2H])C(C)(C)C)cc3c1B2c1ccc(-n2c4c([2H])c([2H])c([2H])c([2H])c4c4c([2H])c([2H])c([2H])c([2H])c42)cc1N3c1ccc(C(C)(C)C)cc1. The van der Waals surface area contributed by atoms with E-state index in [2.05, 4.69) is 51.3 Å². The Labute approximate surface area is 450 Å². The molecule has 11 aromatic rings. The van der Waals surface area contributed by atoms with Crippen molar-refractivity contribution in [3.63, 3.8) is 0 Å². The van der Waals surface area contributed by atoms with Crippen molar-refractivity contribution in [2.75, 3.05) is 9.80 Å². The minimum atomic E-state index is -2.04. The number of rotatable bonds is 5. The zero-order valence-corrected chi connectivity index (χ0v) is 41.6. The molecule has 0 N–H and O–H groups in total. The quantitative estimate of drug-likeness (QED) is 0.160. The van der Waals surface area contributed by atoms with Crippen molar-refractivity contribution < 1.29 is 24.7 Å². The Morgan fingerprint density at radius 3 is 1.07 bits per heavy atom. The molecule has 0 bridgehead atoms. The first kappa shape index (κ1) is 28.9. The van der Waals surface area contributed by atoms with E-state index in [-0.39, 0.29) is 65.8 Å². The van der Waals surface area contributed by atoms with E-state index in [4.69, 9.17) is 11.0 Å². The van der Waals surface area contributed by atoms with Crippen molar-refractivity contribution in [1.82, 2.24) is 9.13 Å². The summed E-state index contributed by atoms with van der Waals surface area (Å²) in [5, 5.41) is -0.328. The molecular weight excluding hydrogens is 872 g/mol. The Hall–Kier alpha value is -7.76. The Bertz CT molecular complexity index is 4560. The summed E-state index contributed by atoms with van der Waals surface area (Å²) in [4.78, 5) is 4.11. The lowest BCUT2D eigenvalue weighted by atomic mass is 9.33. The molecule has 0 saturated carbocycles. The van der Waals surface area contributed by atoms with Crippen LogP contribution >= 0.6 is 0 Å². The van der Waals surface area contributed by atoms with Crippen molar-refractivity contribution in [3.8, 4) is 11.4 Å². The standard InChI is InChI=1S/C67H61BN4/c1-65(2,3)42-43-38-62-64-63(39-43)70(47-32-28-45(29-33-47)67(7,8)9)61-41-49(72-58-24-16-12-20-52(58)53-21-13-17-25-59(53)72)35-37-55(61)68(64)54-36-34-48(40-60(54)69(62)46-30-26-44(27-31-46)66(4,5)6)71-56-22-14-10-18-50(56)51-19-11-15-23-57(51)71/h10-41H,42H2,1-9H3/i10D,11D,12D,13D,14D,15D,16D,17D,18D,19D,20D,21D,22D,23D,24D,25D,42D2. The monoisotopic (exact) mass is 951 g/mol. The Kier molecular flexibility index (Phi) is 6.38. The number of nitrogens with zero attached hydrogens (tertiary/aromatic N) is 4. The molecule has 72 heavy (non-hydrogen) atoms. The molecule has 0 fully saturated rings. The van der Waals surface area contributed by atoms with Gasteiger partial charge in [-0.05, 0) is 141 Å². The van der Waals surface area contributed by atoms with Crippen molar-refractivity contribution >= 4 is 101 Å². The maximum atomic E-state index is 10.1. The lowest BCUT2D eigenvalue weighted by Gasteiger charge is -2.45. The summed E-state index contributed by atoms with van der Waals surface area (Å²) in [6, 6.07) is 22.7. The van der Waals surface area contributed by atoms with Gasteiger partial charge < -0.3 is 18.9 Å². The first-order chi connectivity index (χ1) is 42.0. The van der Waals surface area contributed by atoms with Crippen LogP contribution in [0.3, 0.4) is 0 Å². The predicted octanol–water partition coefficient (Wildman–Crippen LogP) is 16.1. The van der Waals surface area contributed by atoms with Gasteiger partial charge in [0.25, 0.3) is 6.71 Å². The second-order valence-electron chi connectivity index (χ2n) is 22.1. The highest BCUT2D eigenvalue weighted by Crippen LogP contribution is 2.47. The van der Waals surface area contributed by atoms with Crippen LogP contribution in [-0.2, 0) is 17.2 Å². The summed E-state index contributed by atoms with van der Waals surface area (Å²) in [7, 11) is 0. The van der Waals surface area contributed by atoms with Crippen LogP contribution in [0.15, 0.2) is 194 Å². The van der Waals surface area contributed by atoms with Gasteiger partial charge >= 0.3 is 0 Å². The fourth-order valence-corrected chi connectivity index (χ4v) is 10.9. The van der Waals surface area contributed by atoms with Crippen LogP contribution in [0.25, 0.3) is 55.0 Å². The Morgan fingerprint density at radius 2 is 0.736 bits per heavy atom. The molecule has 5 heteroatoms. The van der Waals surface area contributed by atoms with Gasteiger partial charge in [0, 0.05) is 69.8 Å². The molecule has 2 aliphatic heterocycles. The number of hydrogen-bond acceptors (Lipinski definition) is 2. The number of anilines is 6. The molecule has 2 aromatic heterocycles. The third-order valence-corrected chi connectivity index (χ3v) is 14.1. The van der Waals surface area contributed by atoms with Crippen LogP contribution < -0.4 is 26.2 Å². The van der Waals surface area contributed by atoms with Gasteiger partial charge in [0.1, 0.15) is 0 Å². The van der Waals surface area contributed by atoms with Gasteiger partial charge in [0.15, 0.2) is 0 Å². The molecular formula is C67H61BN4. The molecule has 0 spiro atoms. The second kappa shape index (κ2) is 15.9. The molecule has 13 rings (SSSR count). The molecule has 0 saturated heterocycles. The molecule has 0 radical (unpaired) electrons. The molecule has 4 heterocycles. The zero-order chi connectivity index (χ0) is 65.1. The highest BCUT2D eigenvalue weighted by Gasteiger charge is 2.44. The van der Waals surface area contributed by atoms with Gasteiger partial charge in [-0.1, -0.05) is 171 Å². The van der Waals surface area contributed by atoms with E-state index < -0.39 is 115 Å². The van der Waals surface area contributed by atoms with Crippen LogP contribution in [0.5, 0.6) is 0 Å². The zero-order valence-electron chi connectivity index (χ0n) is 59.6. The molecule has 0 aliphatic carbocycles. The van der Waals surface area contributed by atoms with E-state index >= 15 is 0 Å².